The van der Waals surface area contributed by atoms with E-state index in [9.17, 15) is 0 Å². The molecule has 0 heteroatoms. The van der Waals surface area contributed by atoms with Gasteiger partial charge < -0.3 is 0 Å². The third-order valence-electron chi connectivity index (χ3n) is 0.250. The van der Waals surface area contributed by atoms with Crippen molar-refractivity contribution in [3.63, 3.8) is 0 Å². The van der Waals surface area contributed by atoms with Crippen molar-refractivity contribution in [2.45, 2.75) is 25.5 Å². The summed E-state index contributed by atoms with van der Waals surface area (Å²) in [4.78, 5) is 0. The summed E-state index contributed by atoms with van der Waals surface area (Å²) in [5, 5.41) is 0. The predicted molar refractivity (Wildman–Crippen MR) is 18.5 cm³/mol. The molecule has 0 aromatic rings. The van der Waals surface area contributed by atoms with Crippen LogP contribution in [0.15, 0.2) is 0 Å². The van der Waals surface area contributed by atoms with Crippen LogP contribution < -0.4 is 0 Å². The Morgan fingerprint density at radius 1 is 1.00 bits per heavy atom. The zero-order valence-corrected chi connectivity index (χ0v) is 2.00. The zero-order valence-electron chi connectivity index (χ0n) is 10.0. The van der Waals surface area contributed by atoms with Crippen LogP contribution in [0.25, 0.3) is 0 Å². The highest BCUT2D eigenvalue weighted by Crippen LogP contribution is 2.15. The van der Waals surface area contributed by atoms with E-state index in [1.807, 2.05) is 0 Å². The van der Waals surface area contributed by atoms with E-state index in [1.54, 1.807) is 0 Å². The fraction of sp³-hybridized carbons (Fsp3) is 1.00. The molecule has 24 valence electrons. The normalized spacial score (nSPS) is 104. The van der Waals surface area contributed by atoms with E-state index in [0.29, 0.717) is 0 Å². The minimum Gasteiger partial charge on any atom is -0.0533 e. The van der Waals surface area contributed by atoms with Crippen LogP contribution >= 0.6 is 0 Å². The van der Waals surface area contributed by atoms with Gasteiger partial charge in [-0.1, -0.05) is 25.5 Å². The van der Waals surface area contributed by atoms with E-state index < -0.39 is 25.5 Å². The summed E-state index contributed by atoms with van der Waals surface area (Å²) in [7, 11) is 0. The van der Waals surface area contributed by atoms with Gasteiger partial charge in [-0.2, -0.15) is 0 Å². The molecule has 0 bridgehead atoms. The van der Waals surface area contributed by atoms with E-state index >= 15 is 0 Å². The summed E-state index contributed by atoms with van der Waals surface area (Å²) in [6.07, 6.45) is -11.0. The van der Waals surface area contributed by atoms with Crippen molar-refractivity contribution in [1.82, 2.24) is 0 Å². The average Bonchev–Trinajstić information content (AvgIpc) is 1.84. The molecule has 0 aliphatic heterocycles. The first-order valence-corrected chi connectivity index (χ1v) is 1.00. The third kappa shape index (κ3) is 0.125. The molecule has 0 aromatic heterocycles. The molecule has 0 radical (unpaired) electrons. The molecule has 1 fully saturated rings. The zero-order chi connectivity index (χ0) is 10.0. The van der Waals surface area contributed by atoms with Crippen molar-refractivity contribution in [3.05, 3.63) is 0 Å². The van der Waals surface area contributed by atoms with E-state index in [4.69, 9.17) is 11.0 Å². The van der Waals surface area contributed by atoms with Gasteiger partial charge >= 0.3 is 0 Å². The first-order valence-electron chi connectivity index (χ1n) is 5.00. The molecule has 0 heterocycles. The predicted octanol–water partition coefficient (Wildman–Crippen LogP) is 1.56. The standard InChI is InChI=1S/C4H8/c1-2-4-3-1/h1-4H2/i1D2,2D2,3D2,4D2. The Kier molecular flexibility index (Phi) is 0.0469. The molecule has 0 spiro atoms. The maximum Gasteiger partial charge on any atom is 0.0267 e. The largest absolute Gasteiger partial charge is 0.0533 e. The van der Waals surface area contributed by atoms with E-state index in [-0.39, 0.29) is 0 Å². The fourth-order valence-electron chi connectivity index (χ4n) is 0.0625. The van der Waals surface area contributed by atoms with Crippen LogP contribution in [0.5, 0.6) is 0 Å². The Morgan fingerprint density at radius 2 is 1.25 bits per heavy atom. The van der Waals surface area contributed by atoms with Crippen molar-refractivity contribution in [3.8, 4) is 0 Å². The Bertz CT molecular complexity index is 151. The summed E-state index contributed by atoms with van der Waals surface area (Å²) in [5.74, 6) is 0. The van der Waals surface area contributed by atoms with Crippen molar-refractivity contribution < 1.29 is 11.0 Å². The molecular formula is C4H8. The Morgan fingerprint density at radius 3 is 1.50 bits per heavy atom. The second-order valence-electron chi connectivity index (χ2n) is 0.500. The van der Waals surface area contributed by atoms with Gasteiger partial charge in [-0.3, -0.25) is 0 Å². The first-order chi connectivity index (χ1) is 5.00. The van der Waals surface area contributed by atoms with Gasteiger partial charge in [0.2, 0.25) is 0 Å². The van der Waals surface area contributed by atoms with E-state index in [1.165, 1.54) is 0 Å². The summed E-state index contributed by atoms with van der Waals surface area (Å²) in [6, 6.07) is 0. The highest BCUT2D eigenvalue weighted by Gasteiger charge is 1.95. The quantitative estimate of drug-likeness (QED) is 0.401. The van der Waals surface area contributed by atoms with Gasteiger partial charge in [0.25, 0.3) is 0 Å². The number of hydrogen-bond donors (Lipinski definition) is 0. The fourth-order valence-corrected chi connectivity index (χ4v) is 0.0625. The molecule has 0 aromatic carbocycles. The highest BCUT2D eigenvalue weighted by molar-refractivity contribution is 4.50. The van der Waals surface area contributed by atoms with Crippen LogP contribution in [0, 0.1) is 0 Å². The molecule has 1 aliphatic carbocycles. The van der Waals surface area contributed by atoms with E-state index in [0.717, 1.165) is 0 Å². The molecule has 0 amide bonds. The van der Waals surface area contributed by atoms with Gasteiger partial charge in [0.15, 0.2) is 0 Å². The Labute approximate surface area is 38.1 Å². The average molecular weight is 64.2 g/mol. The lowest BCUT2D eigenvalue weighted by molar-refractivity contribution is 0.504. The van der Waals surface area contributed by atoms with Crippen molar-refractivity contribution >= 4 is 0 Å². The molecule has 4 heavy (non-hydrogen) atoms. The van der Waals surface area contributed by atoms with Gasteiger partial charge in [-0.15, -0.1) is 0 Å². The summed E-state index contributed by atoms with van der Waals surface area (Å²) >= 11 is 0. The first kappa shape index (κ1) is 0.250. The molecule has 1 aliphatic rings. The SMILES string of the molecule is [2H]C1([2H])C([2H])([2H])C([2H])([2H])C1([2H])[2H]. The molecule has 0 saturated heterocycles. The molecule has 0 N–H and O–H groups in total. The minimum absolute atomic E-state index is 2.76. The molecular weight excluding hydrogens is 48.0 g/mol. The van der Waals surface area contributed by atoms with Gasteiger partial charge in [0.1, 0.15) is 0 Å². The van der Waals surface area contributed by atoms with Crippen LogP contribution in [0.2, 0.25) is 0 Å². The van der Waals surface area contributed by atoms with Crippen LogP contribution in [-0.2, 0) is 0 Å². The maximum absolute atomic E-state index is 7.01. The summed E-state index contributed by atoms with van der Waals surface area (Å²) in [5.41, 5.74) is 0. The van der Waals surface area contributed by atoms with Crippen LogP contribution in [0.1, 0.15) is 36.5 Å². The number of hydrogen-bond acceptors (Lipinski definition) is 0. The Hall–Kier alpha value is 0. The summed E-state index contributed by atoms with van der Waals surface area (Å²) < 4.78 is 56.0. The smallest absolute Gasteiger partial charge is 0.0267 e. The van der Waals surface area contributed by atoms with E-state index in [2.05, 4.69) is 0 Å². The van der Waals surface area contributed by atoms with Crippen LogP contribution in [-0.4, -0.2) is 0 Å². The summed E-state index contributed by atoms with van der Waals surface area (Å²) in [6.45, 7) is 0. The number of rotatable bonds is 0. The highest BCUT2D eigenvalue weighted by atomic mass is 14.0. The minimum atomic E-state index is -2.76. The third-order valence-corrected chi connectivity index (χ3v) is 0.250. The maximum atomic E-state index is 7.01. The molecule has 0 atom stereocenters. The molecule has 1 rings (SSSR count). The lowest BCUT2D eigenvalue weighted by atomic mass is 10.0. The Balaban J connectivity index is 3.16. The molecule has 1 saturated carbocycles. The van der Waals surface area contributed by atoms with Crippen LogP contribution in [0.3, 0.4) is 0 Å². The van der Waals surface area contributed by atoms with Crippen molar-refractivity contribution in [1.29, 1.82) is 0 Å². The second-order valence-corrected chi connectivity index (χ2v) is 0.500. The molecule has 0 unspecified atom stereocenters. The van der Waals surface area contributed by atoms with Crippen molar-refractivity contribution in [2.75, 3.05) is 0 Å². The van der Waals surface area contributed by atoms with Gasteiger partial charge in [0.05, 0.1) is 0 Å². The van der Waals surface area contributed by atoms with Gasteiger partial charge in [-0.05, 0) is 0 Å². The molecule has 0 nitrogen and oxygen atoms in total. The van der Waals surface area contributed by atoms with Gasteiger partial charge in [-0.25, -0.2) is 0 Å². The topological polar surface area (TPSA) is 0 Å². The van der Waals surface area contributed by atoms with Crippen molar-refractivity contribution in [2.24, 2.45) is 0 Å². The lowest BCUT2D eigenvalue weighted by Crippen LogP contribution is -1.85. The monoisotopic (exact) mass is 64.1 g/mol. The van der Waals surface area contributed by atoms with Gasteiger partial charge in [0, 0.05) is 11.0 Å². The second kappa shape index (κ2) is 0.750. The lowest BCUT2D eigenvalue weighted by Gasteiger charge is -2.05. The van der Waals surface area contributed by atoms with Crippen LogP contribution in [0.4, 0.5) is 0 Å².